The molecule has 9 heteroatoms. The summed E-state index contributed by atoms with van der Waals surface area (Å²) in [4.78, 5) is 15.9. The molecule has 152 valence electrons. The van der Waals surface area contributed by atoms with Crippen LogP contribution in [0.3, 0.4) is 0 Å². The van der Waals surface area contributed by atoms with Gasteiger partial charge in [0.25, 0.3) is 0 Å². The second kappa shape index (κ2) is 9.37. The van der Waals surface area contributed by atoms with Crippen molar-refractivity contribution in [3.8, 4) is 0 Å². The van der Waals surface area contributed by atoms with Crippen molar-refractivity contribution in [2.45, 2.75) is 24.3 Å². The van der Waals surface area contributed by atoms with Gasteiger partial charge in [-0.2, -0.15) is 4.31 Å². The molecule has 3 rings (SSSR count). The van der Waals surface area contributed by atoms with Crippen LogP contribution < -0.4 is 5.32 Å². The van der Waals surface area contributed by atoms with Gasteiger partial charge in [-0.1, -0.05) is 17.7 Å². The van der Waals surface area contributed by atoms with Crippen molar-refractivity contribution in [1.29, 1.82) is 0 Å². The Bertz CT molecular complexity index is 878. The van der Waals surface area contributed by atoms with Crippen LogP contribution >= 0.6 is 22.9 Å². The normalized spacial score (nSPS) is 17.4. The highest BCUT2D eigenvalue weighted by Gasteiger charge is 2.31. The molecule has 1 aliphatic rings. The average Bonchev–Trinajstić information content (AvgIpc) is 3.21. The molecule has 1 fully saturated rings. The number of piperazine rings is 1. The van der Waals surface area contributed by atoms with E-state index in [0.29, 0.717) is 37.7 Å². The summed E-state index contributed by atoms with van der Waals surface area (Å²) in [6.07, 6.45) is 0.823. The number of benzene rings is 1. The number of carbonyl (C=O) groups is 1. The second-order valence-corrected chi connectivity index (χ2v) is 10.1. The average molecular weight is 442 g/mol. The molecule has 0 saturated carbocycles. The summed E-state index contributed by atoms with van der Waals surface area (Å²) in [5.41, 5.74) is 0. The molecule has 1 aliphatic heterocycles. The molecule has 1 saturated heterocycles. The lowest BCUT2D eigenvalue weighted by molar-refractivity contribution is -0.126. The van der Waals surface area contributed by atoms with E-state index in [-0.39, 0.29) is 16.8 Å². The standard InChI is InChI=1S/C19H24ClN3O3S2/c1-15(19(24)21-9-8-17-3-2-14-27-17)22-10-12-23(13-11-22)28(25,26)18-6-4-16(20)5-7-18/h2-7,14-15H,8-13H2,1H3,(H,21,24). The quantitative estimate of drug-likeness (QED) is 0.716. The number of hydrogen-bond donors (Lipinski definition) is 1. The molecule has 1 N–H and O–H groups in total. The first-order valence-corrected chi connectivity index (χ1v) is 11.9. The molecule has 2 heterocycles. The van der Waals surface area contributed by atoms with Crippen LogP contribution in [-0.4, -0.2) is 62.3 Å². The van der Waals surface area contributed by atoms with E-state index in [0.717, 1.165) is 6.42 Å². The summed E-state index contributed by atoms with van der Waals surface area (Å²) >= 11 is 7.52. The van der Waals surface area contributed by atoms with Crippen LogP contribution in [-0.2, 0) is 21.2 Å². The third-order valence-electron chi connectivity index (χ3n) is 4.90. The SMILES string of the molecule is CC(C(=O)NCCc1cccs1)N1CCN(S(=O)(=O)c2ccc(Cl)cc2)CC1. The summed E-state index contributed by atoms with van der Waals surface area (Å²) in [6.45, 7) is 4.23. The first-order valence-electron chi connectivity index (χ1n) is 9.18. The van der Waals surface area contributed by atoms with Gasteiger partial charge >= 0.3 is 0 Å². The minimum absolute atomic E-state index is 0.0226. The predicted octanol–water partition coefficient (Wildman–Crippen LogP) is 2.46. The van der Waals surface area contributed by atoms with Crippen LogP contribution in [0.2, 0.25) is 5.02 Å². The molecule has 0 spiro atoms. The molecule has 1 aromatic carbocycles. The molecule has 1 amide bonds. The zero-order valence-electron chi connectivity index (χ0n) is 15.7. The molecule has 1 atom stereocenters. The van der Waals surface area contributed by atoms with Gasteiger partial charge in [-0.15, -0.1) is 11.3 Å². The summed E-state index contributed by atoms with van der Waals surface area (Å²) in [5, 5.41) is 5.50. The minimum Gasteiger partial charge on any atom is -0.354 e. The van der Waals surface area contributed by atoms with Crippen LogP contribution in [0.25, 0.3) is 0 Å². The van der Waals surface area contributed by atoms with Gasteiger partial charge in [0.2, 0.25) is 15.9 Å². The first-order chi connectivity index (χ1) is 13.4. The number of halogens is 1. The Morgan fingerprint density at radius 1 is 1.18 bits per heavy atom. The van der Waals surface area contributed by atoms with Gasteiger partial charge < -0.3 is 5.32 Å². The highest BCUT2D eigenvalue weighted by Crippen LogP contribution is 2.20. The van der Waals surface area contributed by atoms with Crippen molar-refractivity contribution in [3.05, 3.63) is 51.7 Å². The van der Waals surface area contributed by atoms with E-state index in [1.165, 1.54) is 21.3 Å². The van der Waals surface area contributed by atoms with Crippen LogP contribution in [0.4, 0.5) is 0 Å². The molecular weight excluding hydrogens is 418 g/mol. The Kier molecular flexibility index (Phi) is 7.11. The van der Waals surface area contributed by atoms with Crippen molar-refractivity contribution in [1.82, 2.24) is 14.5 Å². The van der Waals surface area contributed by atoms with Crippen molar-refractivity contribution < 1.29 is 13.2 Å². The molecule has 0 bridgehead atoms. The van der Waals surface area contributed by atoms with Gasteiger partial charge in [-0.25, -0.2) is 8.42 Å². The molecule has 1 aromatic heterocycles. The van der Waals surface area contributed by atoms with E-state index in [2.05, 4.69) is 11.4 Å². The second-order valence-electron chi connectivity index (χ2n) is 6.69. The molecule has 28 heavy (non-hydrogen) atoms. The van der Waals surface area contributed by atoms with Gasteiger partial charge in [0.15, 0.2) is 0 Å². The number of nitrogens with one attached hydrogen (secondary N) is 1. The van der Waals surface area contributed by atoms with Crippen LogP contribution in [0, 0.1) is 0 Å². The Hall–Kier alpha value is -1.45. The monoisotopic (exact) mass is 441 g/mol. The number of nitrogens with zero attached hydrogens (tertiary/aromatic N) is 2. The Balaban J connectivity index is 1.49. The largest absolute Gasteiger partial charge is 0.354 e. The third kappa shape index (κ3) is 5.12. The number of carbonyl (C=O) groups excluding carboxylic acids is 1. The topological polar surface area (TPSA) is 69.7 Å². The van der Waals surface area contributed by atoms with E-state index in [4.69, 9.17) is 11.6 Å². The lowest BCUT2D eigenvalue weighted by atomic mass is 10.2. The van der Waals surface area contributed by atoms with E-state index in [9.17, 15) is 13.2 Å². The summed E-state index contributed by atoms with van der Waals surface area (Å²) in [5.74, 6) is -0.0226. The number of thiophene rings is 1. The van der Waals surface area contributed by atoms with Gasteiger partial charge in [0.05, 0.1) is 10.9 Å². The molecule has 1 unspecified atom stereocenters. The Morgan fingerprint density at radius 3 is 2.46 bits per heavy atom. The molecule has 6 nitrogen and oxygen atoms in total. The molecule has 0 radical (unpaired) electrons. The number of rotatable bonds is 7. The number of hydrogen-bond acceptors (Lipinski definition) is 5. The fourth-order valence-corrected chi connectivity index (χ4v) is 5.42. The maximum Gasteiger partial charge on any atom is 0.243 e. The van der Waals surface area contributed by atoms with E-state index >= 15 is 0 Å². The van der Waals surface area contributed by atoms with Gasteiger partial charge in [-0.3, -0.25) is 9.69 Å². The van der Waals surface area contributed by atoms with Crippen molar-refractivity contribution >= 4 is 38.9 Å². The van der Waals surface area contributed by atoms with Gasteiger partial charge in [0.1, 0.15) is 0 Å². The van der Waals surface area contributed by atoms with E-state index in [1.807, 2.05) is 23.3 Å². The van der Waals surface area contributed by atoms with Crippen LogP contribution in [0.15, 0.2) is 46.7 Å². The van der Waals surface area contributed by atoms with Gasteiger partial charge in [0, 0.05) is 42.6 Å². The van der Waals surface area contributed by atoms with Crippen molar-refractivity contribution in [3.63, 3.8) is 0 Å². The summed E-state index contributed by atoms with van der Waals surface area (Å²) in [6, 6.07) is 9.97. The van der Waals surface area contributed by atoms with Crippen LogP contribution in [0.5, 0.6) is 0 Å². The predicted molar refractivity (Wildman–Crippen MR) is 112 cm³/mol. The third-order valence-corrected chi connectivity index (χ3v) is 8.00. The zero-order chi connectivity index (χ0) is 20.1. The van der Waals surface area contributed by atoms with Crippen molar-refractivity contribution in [2.24, 2.45) is 0 Å². The maximum atomic E-state index is 12.7. The molecular formula is C19H24ClN3O3S2. The van der Waals surface area contributed by atoms with Crippen molar-refractivity contribution in [2.75, 3.05) is 32.7 Å². The lowest BCUT2D eigenvalue weighted by Crippen LogP contribution is -2.55. The summed E-state index contributed by atoms with van der Waals surface area (Å²) in [7, 11) is -3.54. The highest BCUT2D eigenvalue weighted by atomic mass is 35.5. The van der Waals surface area contributed by atoms with Gasteiger partial charge in [-0.05, 0) is 49.1 Å². The lowest BCUT2D eigenvalue weighted by Gasteiger charge is -2.36. The fourth-order valence-electron chi connectivity index (χ4n) is 3.16. The number of amides is 1. The first kappa shape index (κ1) is 21.3. The summed E-state index contributed by atoms with van der Waals surface area (Å²) < 4.78 is 27.0. The smallest absolute Gasteiger partial charge is 0.243 e. The zero-order valence-corrected chi connectivity index (χ0v) is 18.1. The number of sulfonamides is 1. The molecule has 2 aromatic rings. The minimum atomic E-state index is -3.54. The highest BCUT2D eigenvalue weighted by molar-refractivity contribution is 7.89. The Labute approximate surface area is 175 Å². The Morgan fingerprint density at radius 2 is 1.86 bits per heavy atom. The fraction of sp³-hybridized carbons (Fsp3) is 0.421. The van der Waals surface area contributed by atoms with E-state index < -0.39 is 10.0 Å². The van der Waals surface area contributed by atoms with Crippen LogP contribution in [0.1, 0.15) is 11.8 Å². The van der Waals surface area contributed by atoms with E-state index in [1.54, 1.807) is 23.5 Å². The molecule has 0 aliphatic carbocycles. The maximum absolute atomic E-state index is 12.7.